The van der Waals surface area contributed by atoms with Gasteiger partial charge in [-0.1, -0.05) is 0 Å². The molecule has 94 valence electrons. The molecule has 1 saturated heterocycles. The van der Waals surface area contributed by atoms with E-state index >= 15 is 0 Å². The highest BCUT2D eigenvalue weighted by atomic mass is 19.3. The van der Waals surface area contributed by atoms with Gasteiger partial charge in [0.15, 0.2) is 0 Å². The van der Waals surface area contributed by atoms with Crippen molar-refractivity contribution >= 4 is 5.69 Å². The molecule has 0 amide bonds. The van der Waals surface area contributed by atoms with Crippen molar-refractivity contribution in [2.75, 3.05) is 37.7 Å². The average molecular weight is 243 g/mol. The van der Waals surface area contributed by atoms with Gasteiger partial charge in [0, 0.05) is 32.2 Å². The molecule has 0 aliphatic carbocycles. The summed E-state index contributed by atoms with van der Waals surface area (Å²) in [6.45, 7) is 3.02. The molecule has 0 saturated carbocycles. The maximum absolute atomic E-state index is 12.0. The topological polar surface area (TPSA) is 37.4 Å². The smallest absolute Gasteiger partial charge is 0.272 e. The molecule has 0 atom stereocenters. The molecule has 1 aliphatic rings. The molecule has 1 aromatic heterocycles. The summed E-state index contributed by atoms with van der Waals surface area (Å²) in [6.07, 6.45) is 0.715. The Bertz CT molecular complexity index is 356. The lowest BCUT2D eigenvalue weighted by Gasteiger charge is -2.29. The fourth-order valence-corrected chi connectivity index (χ4v) is 1.74. The summed E-state index contributed by atoms with van der Waals surface area (Å²) in [6, 6.07) is 1.75. The quantitative estimate of drug-likeness (QED) is 0.860. The number of hydrogen-bond acceptors (Lipinski definition) is 4. The van der Waals surface area contributed by atoms with Crippen LogP contribution in [-0.4, -0.2) is 44.2 Å². The summed E-state index contributed by atoms with van der Waals surface area (Å²) in [5.41, 5.74) is 0.915. The van der Waals surface area contributed by atoms with Gasteiger partial charge in [-0.3, -0.25) is 4.98 Å². The molecule has 0 unspecified atom stereocenters. The molecule has 1 aromatic rings. The van der Waals surface area contributed by atoms with Crippen LogP contribution in [0.4, 0.5) is 14.5 Å². The largest absolute Gasteiger partial charge is 0.486 e. The first kappa shape index (κ1) is 12.0. The fourth-order valence-electron chi connectivity index (χ4n) is 1.74. The second-order valence-corrected chi connectivity index (χ2v) is 3.82. The molecule has 0 aromatic carbocycles. The van der Waals surface area contributed by atoms with E-state index in [1.54, 1.807) is 12.3 Å². The Morgan fingerprint density at radius 1 is 1.35 bits per heavy atom. The predicted octanol–water partition coefficient (Wildman–Crippen LogP) is 1.14. The number of ether oxygens (including phenoxy) is 1. The highest BCUT2D eigenvalue weighted by Gasteiger charge is 2.12. The normalized spacial score (nSPS) is 16.3. The molecule has 0 radical (unpaired) electrons. The number of alkyl halides is 2. The number of hydrogen-bond donors (Lipinski definition) is 1. The Kier molecular flexibility index (Phi) is 4.08. The van der Waals surface area contributed by atoms with Crippen molar-refractivity contribution in [2.24, 2.45) is 0 Å². The average Bonchev–Trinajstić information content (AvgIpc) is 2.38. The molecule has 1 fully saturated rings. The zero-order valence-electron chi connectivity index (χ0n) is 9.40. The van der Waals surface area contributed by atoms with Crippen molar-refractivity contribution in [1.82, 2.24) is 10.3 Å². The third kappa shape index (κ3) is 3.52. The molecule has 2 rings (SSSR count). The molecule has 6 heteroatoms. The number of anilines is 1. The highest BCUT2D eigenvalue weighted by molar-refractivity contribution is 5.48. The van der Waals surface area contributed by atoms with Gasteiger partial charge >= 0.3 is 0 Å². The SMILES string of the molecule is FC(F)COc1cncc(N2CCNCC2)c1. The van der Waals surface area contributed by atoms with Crippen LogP contribution in [0.3, 0.4) is 0 Å². The van der Waals surface area contributed by atoms with Gasteiger partial charge in [-0.15, -0.1) is 0 Å². The van der Waals surface area contributed by atoms with E-state index in [4.69, 9.17) is 4.74 Å². The van der Waals surface area contributed by atoms with Gasteiger partial charge in [0.2, 0.25) is 0 Å². The van der Waals surface area contributed by atoms with Crippen molar-refractivity contribution < 1.29 is 13.5 Å². The molecule has 1 aliphatic heterocycles. The Hall–Kier alpha value is -1.43. The van der Waals surface area contributed by atoms with Crippen LogP contribution in [0.25, 0.3) is 0 Å². The Labute approximate surface area is 98.6 Å². The van der Waals surface area contributed by atoms with E-state index in [-0.39, 0.29) is 0 Å². The number of pyridine rings is 1. The zero-order valence-corrected chi connectivity index (χ0v) is 9.40. The van der Waals surface area contributed by atoms with Gasteiger partial charge in [0.05, 0.1) is 18.1 Å². The van der Waals surface area contributed by atoms with Gasteiger partial charge in [-0.25, -0.2) is 8.78 Å². The summed E-state index contributed by atoms with van der Waals surface area (Å²) in [5, 5.41) is 3.25. The monoisotopic (exact) mass is 243 g/mol. The lowest BCUT2D eigenvalue weighted by Crippen LogP contribution is -2.43. The van der Waals surface area contributed by atoms with Crippen LogP contribution in [0.5, 0.6) is 5.75 Å². The van der Waals surface area contributed by atoms with Crippen LogP contribution in [0.2, 0.25) is 0 Å². The Balaban J connectivity index is 2.00. The summed E-state index contributed by atoms with van der Waals surface area (Å²) in [7, 11) is 0. The maximum Gasteiger partial charge on any atom is 0.272 e. The Morgan fingerprint density at radius 3 is 2.82 bits per heavy atom. The second kappa shape index (κ2) is 5.77. The lowest BCUT2D eigenvalue weighted by atomic mass is 10.3. The van der Waals surface area contributed by atoms with E-state index in [1.165, 1.54) is 6.20 Å². The van der Waals surface area contributed by atoms with Gasteiger partial charge in [0.25, 0.3) is 6.43 Å². The first-order valence-corrected chi connectivity index (χ1v) is 5.57. The minimum atomic E-state index is -2.46. The molecular weight excluding hydrogens is 228 g/mol. The van der Waals surface area contributed by atoms with E-state index in [9.17, 15) is 8.78 Å². The third-order valence-corrected chi connectivity index (χ3v) is 2.56. The standard InChI is InChI=1S/C11H15F2N3O/c12-11(13)8-17-10-5-9(6-15-7-10)16-3-1-14-2-4-16/h5-7,11,14H,1-4,8H2. The van der Waals surface area contributed by atoms with Crippen molar-refractivity contribution in [3.63, 3.8) is 0 Å². The molecule has 1 N–H and O–H groups in total. The number of rotatable bonds is 4. The van der Waals surface area contributed by atoms with Gasteiger partial charge in [-0.2, -0.15) is 0 Å². The molecule has 17 heavy (non-hydrogen) atoms. The van der Waals surface area contributed by atoms with Crippen LogP contribution < -0.4 is 15.0 Å². The molecule has 0 spiro atoms. The zero-order chi connectivity index (χ0) is 12.1. The second-order valence-electron chi connectivity index (χ2n) is 3.82. The minimum Gasteiger partial charge on any atom is -0.486 e. The number of nitrogens with one attached hydrogen (secondary N) is 1. The first-order chi connectivity index (χ1) is 8.25. The van der Waals surface area contributed by atoms with Crippen LogP contribution >= 0.6 is 0 Å². The summed E-state index contributed by atoms with van der Waals surface area (Å²) in [5.74, 6) is 0.390. The van der Waals surface area contributed by atoms with Crippen LogP contribution in [0.15, 0.2) is 18.5 Å². The van der Waals surface area contributed by atoms with E-state index in [2.05, 4.69) is 15.2 Å². The number of nitrogens with zero attached hydrogens (tertiary/aromatic N) is 2. The van der Waals surface area contributed by atoms with Crippen LogP contribution in [0, 0.1) is 0 Å². The van der Waals surface area contributed by atoms with E-state index in [0.29, 0.717) is 5.75 Å². The number of aromatic nitrogens is 1. The van der Waals surface area contributed by atoms with E-state index < -0.39 is 13.0 Å². The van der Waals surface area contributed by atoms with Crippen molar-refractivity contribution in [3.05, 3.63) is 18.5 Å². The third-order valence-electron chi connectivity index (χ3n) is 2.56. The summed E-state index contributed by atoms with van der Waals surface area (Å²) < 4.78 is 29.0. The first-order valence-electron chi connectivity index (χ1n) is 5.57. The van der Waals surface area contributed by atoms with Crippen LogP contribution in [0.1, 0.15) is 0 Å². The van der Waals surface area contributed by atoms with E-state index in [1.807, 2.05) is 0 Å². The highest BCUT2D eigenvalue weighted by Crippen LogP contribution is 2.20. The molecule has 4 nitrogen and oxygen atoms in total. The lowest BCUT2D eigenvalue weighted by molar-refractivity contribution is 0.0817. The van der Waals surface area contributed by atoms with Gasteiger partial charge in [-0.05, 0) is 0 Å². The van der Waals surface area contributed by atoms with Gasteiger partial charge in [0.1, 0.15) is 12.4 Å². The molecule has 0 bridgehead atoms. The minimum absolute atomic E-state index is 0.390. The summed E-state index contributed by atoms with van der Waals surface area (Å²) in [4.78, 5) is 6.16. The maximum atomic E-state index is 12.0. The van der Waals surface area contributed by atoms with Crippen LogP contribution in [-0.2, 0) is 0 Å². The number of halogens is 2. The Morgan fingerprint density at radius 2 is 2.12 bits per heavy atom. The molecule has 2 heterocycles. The molecular formula is C11H15F2N3O. The van der Waals surface area contributed by atoms with E-state index in [0.717, 1.165) is 31.9 Å². The van der Waals surface area contributed by atoms with Crippen molar-refractivity contribution in [1.29, 1.82) is 0 Å². The fraction of sp³-hybridized carbons (Fsp3) is 0.545. The van der Waals surface area contributed by atoms with Gasteiger partial charge < -0.3 is 15.0 Å². The summed E-state index contributed by atoms with van der Waals surface area (Å²) >= 11 is 0. The number of piperazine rings is 1. The predicted molar refractivity (Wildman–Crippen MR) is 60.8 cm³/mol. The van der Waals surface area contributed by atoms with Crippen molar-refractivity contribution in [3.8, 4) is 5.75 Å². The van der Waals surface area contributed by atoms with Crippen molar-refractivity contribution in [2.45, 2.75) is 6.43 Å².